The van der Waals surface area contributed by atoms with E-state index in [1.807, 2.05) is 36.4 Å². The molecule has 0 aromatic heterocycles. The zero-order valence-electron chi connectivity index (χ0n) is 21.4. The van der Waals surface area contributed by atoms with Crippen LogP contribution in [0.15, 0.2) is 109 Å². The molecule has 0 atom stereocenters. The van der Waals surface area contributed by atoms with Gasteiger partial charge in [-0.1, -0.05) is 122 Å². The van der Waals surface area contributed by atoms with E-state index in [2.05, 4.69) is 107 Å². The molecule has 0 unspecified atom stereocenters. The third kappa shape index (κ3) is 8.75. The molecule has 3 aromatic carbocycles. The number of hydrogen-bond acceptors (Lipinski definition) is 1. The Bertz CT molecular complexity index is 1110. The molecule has 0 bridgehead atoms. The lowest BCUT2D eigenvalue weighted by Gasteiger charge is -2.06. The molecule has 1 nitrogen and oxygen atoms in total. The van der Waals surface area contributed by atoms with Crippen molar-refractivity contribution >= 4 is 16.8 Å². The van der Waals surface area contributed by atoms with Crippen molar-refractivity contribution in [2.45, 2.75) is 47.5 Å². The molecule has 0 fully saturated rings. The first kappa shape index (κ1) is 26.7. The highest BCUT2D eigenvalue weighted by Crippen LogP contribution is 2.21. The van der Waals surface area contributed by atoms with Crippen LogP contribution in [0.25, 0.3) is 16.8 Å². The molecule has 3 rings (SSSR count). The van der Waals surface area contributed by atoms with Gasteiger partial charge in [0.25, 0.3) is 0 Å². The summed E-state index contributed by atoms with van der Waals surface area (Å²) >= 11 is 0. The number of benzene rings is 3. The van der Waals surface area contributed by atoms with Crippen molar-refractivity contribution in [2.75, 3.05) is 0 Å². The summed E-state index contributed by atoms with van der Waals surface area (Å²) in [7, 11) is 0. The molecule has 0 aliphatic carbocycles. The lowest BCUT2D eigenvalue weighted by atomic mass is 9.99. The van der Waals surface area contributed by atoms with Crippen LogP contribution in [0.4, 0.5) is 0 Å². The van der Waals surface area contributed by atoms with Gasteiger partial charge in [-0.05, 0) is 73.9 Å². The number of rotatable bonds is 7. The minimum atomic E-state index is 0.869. The normalized spacial score (nSPS) is 12.4. The van der Waals surface area contributed by atoms with Gasteiger partial charge in [0, 0.05) is 5.70 Å². The Balaban J connectivity index is 0.000000310. The minimum absolute atomic E-state index is 0.869. The molecule has 0 radical (unpaired) electrons. The second kappa shape index (κ2) is 14.5. The lowest BCUT2D eigenvalue weighted by Crippen LogP contribution is -1.94. The molecular formula is C33H39N. The van der Waals surface area contributed by atoms with Gasteiger partial charge in [-0.15, -0.1) is 0 Å². The summed E-state index contributed by atoms with van der Waals surface area (Å²) < 4.78 is 0. The van der Waals surface area contributed by atoms with Crippen molar-refractivity contribution in [1.82, 2.24) is 0 Å². The van der Waals surface area contributed by atoms with E-state index in [1.54, 1.807) is 0 Å². The number of nitrogens with two attached hydrogens (primary N) is 1. The lowest BCUT2D eigenvalue weighted by molar-refractivity contribution is 1.22. The summed E-state index contributed by atoms with van der Waals surface area (Å²) in [5, 5.41) is 0. The fourth-order valence-corrected chi connectivity index (χ4v) is 3.55. The third-order valence-electron chi connectivity index (χ3n) is 5.63. The Labute approximate surface area is 207 Å². The fourth-order valence-electron chi connectivity index (χ4n) is 3.55. The summed E-state index contributed by atoms with van der Waals surface area (Å²) in [4.78, 5) is 0. The molecular weight excluding hydrogens is 410 g/mol. The first-order valence-electron chi connectivity index (χ1n) is 12.1. The topological polar surface area (TPSA) is 26.0 Å². The summed E-state index contributed by atoms with van der Waals surface area (Å²) in [6.45, 7) is 10.5. The molecule has 0 saturated carbocycles. The largest absolute Gasteiger partial charge is 0.399 e. The third-order valence-corrected chi connectivity index (χ3v) is 5.63. The monoisotopic (exact) mass is 449 g/mol. The Hall–Kier alpha value is -3.58. The van der Waals surface area contributed by atoms with E-state index in [4.69, 9.17) is 5.73 Å². The molecule has 0 aliphatic heterocycles. The summed E-state index contributed by atoms with van der Waals surface area (Å²) in [5.41, 5.74) is 15.6. The van der Waals surface area contributed by atoms with E-state index >= 15 is 0 Å². The molecule has 2 N–H and O–H groups in total. The van der Waals surface area contributed by atoms with E-state index in [0.717, 1.165) is 24.1 Å². The van der Waals surface area contributed by atoms with E-state index in [9.17, 15) is 0 Å². The van der Waals surface area contributed by atoms with E-state index < -0.39 is 0 Å². The predicted octanol–water partition coefficient (Wildman–Crippen LogP) is 9.02. The summed E-state index contributed by atoms with van der Waals surface area (Å²) in [5.74, 6) is 0. The molecule has 34 heavy (non-hydrogen) atoms. The van der Waals surface area contributed by atoms with E-state index in [0.29, 0.717) is 0 Å². The van der Waals surface area contributed by atoms with Gasteiger partial charge in [0.2, 0.25) is 0 Å². The number of allylic oxidation sites excluding steroid dienone is 7. The fraction of sp³-hybridized carbons (Fsp3) is 0.212. The molecule has 0 spiro atoms. The van der Waals surface area contributed by atoms with E-state index in [1.165, 1.54) is 33.4 Å². The van der Waals surface area contributed by atoms with Gasteiger partial charge in [-0.3, -0.25) is 0 Å². The van der Waals surface area contributed by atoms with Gasteiger partial charge in [-0.2, -0.15) is 0 Å². The SMILES string of the molecule is C/C=C\C(=C/C)c1ccc(/C(C)=C/Cc2ccc(C)cc2)cc1.CC/C=C(/N)c1ccccc1. The highest BCUT2D eigenvalue weighted by molar-refractivity contribution is 5.75. The van der Waals surface area contributed by atoms with Gasteiger partial charge in [0.1, 0.15) is 0 Å². The molecule has 0 amide bonds. The van der Waals surface area contributed by atoms with Crippen molar-refractivity contribution in [3.63, 3.8) is 0 Å². The average molecular weight is 450 g/mol. The van der Waals surface area contributed by atoms with Gasteiger partial charge >= 0.3 is 0 Å². The maximum Gasteiger partial charge on any atom is 0.0346 e. The quantitative estimate of drug-likeness (QED) is 0.358. The standard InChI is InChI=1S/C23H26.C10H13N/c1-5-7-21(6-2)23-16-14-22(15-17-23)19(4)10-13-20-11-8-18(3)9-12-20;1-2-6-10(11)9-7-4-3-5-8-9/h5-12,14-17H,13H2,1-4H3;3-8H,2,11H2,1H3/b7-5-,19-10+,21-6+;10-6+. The van der Waals surface area contributed by atoms with Crippen LogP contribution in [-0.2, 0) is 6.42 Å². The minimum Gasteiger partial charge on any atom is -0.399 e. The molecule has 176 valence electrons. The van der Waals surface area contributed by atoms with Crippen molar-refractivity contribution in [1.29, 1.82) is 0 Å². The highest BCUT2D eigenvalue weighted by atomic mass is 14.6. The predicted molar refractivity (Wildman–Crippen MR) is 152 cm³/mol. The van der Waals surface area contributed by atoms with Crippen LogP contribution in [0.2, 0.25) is 0 Å². The van der Waals surface area contributed by atoms with Crippen LogP contribution in [0.3, 0.4) is 0 Å². The Morgan fingerprint density at radius 3 is 1.94 bits per heavy atom. The first-order chi connectivity index (χ1) is 16.5. The molecule has 1 heteroatoms. The van der Waals surface area contributed by atoms with Crippen LogP contribution in [0.5, 0.6) is 0 Å². The van der Waals surface area contributed by atoms with Crippen LogP contribution >= 0.6 is 0 Å². The molecule has 0 aliphatic rings. The Morgan fingerprint density at radius 2 is 1.38 bits per heavy atom. The number of hydrogen-bond donors (Lipinski definition) is 1. The van der Waals surface area contributed by atoms with Gasteiger partial charge in [0.05, 0.1) is 0 Å². The van der Waals surface area contributed by atoms with Crippen LogP contribution in [0.1, 0.15) is 61.9 Å². The van der Waals surface area contributed by atoms with Crippen molar-refractivity contribution < 1.29 is 0 Å². The highest BCUT2D eigenvalue weighted by Gasteiger charge is 2.00. The Morgan fingerprint density at radius 1 is 0.765 bits per heavy atom. The van der Waals surface area contributed by atoms with Crippen molar-refractivity contribution in [3.8, 4) is 0 Å². The first-order valence-corrected chi connectivity index (χ1v) is 12.1. The number of aryl methyl sites for hydroxylation is 1. The summed E-state index contributed by atoms with van der Waals surface area (Å²) in [6, 6.07) is 27.6. The van der Waals surface area contributed by atoms with Crippen molar-refractivity contribution in [3.05, 3.63) is 137 Å². The smallest absolute Gasteiger partial charge is 0.0346 e. The van der Waals surface area contributed by atoms with Crippen molar-refractivity contribution in [2.24, 2.45) is 5.73 Å². The Kier molecular flexibility index (Phi) is 11.4. The van der Waals surface area contributed by atoms with Gasteiger partial charge in [0.15, 0.2) is 0 Å². The molecule has 0 heterocycles. The molecule has 3 aromatic rings. The second-order valence-corrected chi connectivity index (χ2v) is 8.33. The average Bonchev–Trinajstić information content (AvgIpc) is 2.88. The maximum absolute atomic E-state index is 5.77. The van der Waals surface area contributed by atoms with Crippen LogP contribution in [0, 0.1) is 6.92 Å². The zero-order chi connectivity index (χ0) is 24.8. The van der Waals surface area contributed by atoms with Crippen LogP contribution in [-0.4, -0.2) is 0 Å². The van der Waals surface area contributed by atoms with Gasteiger partial charge in [-0.25, -0.2) is 0 Å². The molecule has 0 saturated heterocycles. The van der Waals surface area contributed by atoms with E-state index in [-0.39, 0.29) is 0 Å². The second-order valence-electron chi connectivity index (χ2n) is 8.33. The summed E-state index contributed by atoms with van der Waals surface area (Å²) in [6.07, 6.45) is 12.7. The maximum atomic E-state index is 5.77. The van der Waals surface area contributed by atoms with Crippen LogP contribution < -0.4 is 5.73 Å². The van der Waals surface area contributed by atoms with Gasteiger partial charge < -0.3 is 5.73 Å². The zero-order valence-corrected chi connectivity index (χ0v) is 21.4.